The van der Waals surface area contributed by atoms with Crippen molar-refractivity contribution in [2.75, 3.05) is 19.2 Å². The van der Waals surface area contributed by atoms with Gasteiger partial charge in [0.25, 0.3) is 0 Å². The second-order valence-electron chi connectivity index (χ2n) is 5.04. The molecule has 0 heterocycles. The Labute approximate surface area is 141 Å². The number of benzene rings is 2. The molecule has 8 heteroatoms. The molecule has 0 aromatic heterocycles. The number of hydroxylamine groups is 1. The second kappa shape index (κ2) is 7.00. The number of para-hydroxylation sites is 1. The van der Waals surface area contributed by atoms with Gasteiger partial charge < -0.3 is 9.74 Å². The Balaban J connectivity index is 2.35. The molecule has 0 spiro atoms. The first kappa shape index (κ1) is 17.9. The van der Waals surface area contributed by atoms with Crippen LogP contribution in [-0.4, -0.2) is 25.0 Å². The van der Waals surface area contributed by atoms with Gasteiger partial charge in [0.05, 0.1) is 16.3 Å². The number of alkyl halides is 3. The van der Waals surface area contributed by atoms with Gasteiger partial charge in [-0.05, 0) is 30.3 Å². The molecule has 0 saturated carbocycles. The number of anilines is 1. The lowest BCUT2D eigenvalue weighted by Crippen LogP contribution is -2.41. The first-order valence-electron chi connectivity index (χ1n) is 6.81. The van der Waals surface area contributed by atoms with E-state index in [1.807, 2.05) is 0 Å². The SMILES string of the molecule is CN(C)C(=O)N(Oc1ccc(C(F)(F)F)cc1Cl)c1ccccc1. The third kappa shape index (κ3) is 4.11. The summed E-state index contributed by atoms with van der Waals surface area (Å²) < 4.78 is 38.1. The summed E-state index contributed by atoms with van der Waals surface area (Å²) in [7, 11) is 3.05. The summed E-state index contributed by atoms with van der Waals surface area (Å²) >= 11 is 5.87. The van der Waals surface area contributed by atoms with E-state index in [-0.39, 0.29) is 10.8 Å². The molecule has 0 unspecified atom stereocenters. The summed E-state index contributed by atoms with van der Waals surface area (Å²) in [6.07, 6.45) is -4.51. The molecule has 0 aliphatic carbocycles. The molecule has 0 atom stereocenters. The Hall–Kier alpha value is -2.41. The van der Waals surface area contributed by atoms with Gasteiger partial charge in [0.1, 0.15) is 0 Å². The van der Waals surface area contributed by atoms with E-state index in [4.69, 9.17) is 16.4 Å². The van der Waals surface area contributed by atoms with Gasteiger partial charge >= 0.3 is 12.2 Å². The van der Waals surface area contributed by atoms with Crippen molar-refractivity contribution in [3.05, 3.63) is 59.1 Å². The van der Waals surface area contributed by atoms with Crippen LogP contribution in [0.1, 0.15) is 5.56 Å². The zero-order chi connectivity index (χ0) is 17.9. The molecule has 0 N–H and O–H groups in total. The summed E-state index contributed by atoms with van der Waals surface area (Å²) in [6.45, 7) is 0. The lowest BCUT2D eigenvalue weighted by Gasteiger charge is -2.26. The highest BCUT2D eigenvalue weighted by molar-refractivity contribution is 6.32. The van der Waals surface area contributed by atoms with E-state index in [9.17, 15) is 18.0 Å². The van der Waals surface area contributed by atoms with Crippen LogP contribution in [0.4, 0.5) is 23.7 Å². The number of carbonyl (C=O) groups is 1. The van der Waals surface area contributed by atoms with Crippen molar-refractivity contribution in [2.45, 2.75) is 6.18 Å². The van der Waals surface area contributed by atoms with Crippen LogP contribution in [0.25, 0.3) is 0 Å². The number of nitrogens with zero attached hydrogens (tertiary/aromatic N) is 2. The number of halogens is 4. The van der Waals surface area contributed by atoms with Crippen LogP contribution in [0, 0.1) is 0 Å². The fraction of sp³-hybridized carbons (Fsp3) is 0.188. The third-order valence-corrected chi connectivity index (χ3v) is 3.29. The summed E-state index contributed by atoms with van der Waals surface area (Å²) in [5.74, 6) is -0.0660. The second-order valence-corrected chi connectivity index (χ2v) is 5.45. The fourth-order valence-corrected chi connectivity index (χ4v) is 2.01. The normalized spacial score (nSPS) is 11.1. The average Bonchev–Trinajstić information content (AvgIpc) is 2.53. The maximum atomic E-state index is 12.7. The van der Waals surface area contributed by atoms with Gasteiger partial charge in [-0.15, -0.1) is 5.06 Å². The molecule has 2 rings (SSSR count). The van der Waals surface area contributed by atoms with Crippen LogP contribution >= 0.6 is 11.6 Å². The molecule has 24 heavy (non-hydrogen) atoms. The smallest absolute Gasteiger partial charge is 0.369 e. The van der Waals surface area contributed by atoms with Gasteiger partial charge in [0, 0.05) is 14.1 Å². The van der Waals surface area contributed by atoms with Crippen LogP contribution in [-0.2, 0) is 6.18 Å². The molecule has 0 saturated heterocycles. The Morgan fingerprint density at radius 3 is 2.21 bits per heavy atom. The monoisotopic (exact) mass is 358 g/mol. The lowest BCUT2D eigenvalue weighted by molar-refractivity contribution is -0.137. The van der Waals surface area contributed by atoms with Gasteiger partial charge in [-0.25, -0.2) is 4.79 Å². The van der Waals surface area contributed by atoms with E-state index in [2.05, 4.69) is 0 Å². The lowest BCUT2D eigenvalue weighted by atomic mass is 10.2. The standard InChI is InChI=1S/C16H14ClF3N2O2/c1-21(2)15(23)22(12-6-4-3-5-7-12)24-14-9-8-11(10-13(14)17)16(18,19)20/h3-10H,1-2H3. The molecular weight excluding hydrogens is 345 g/mol. The minimum Gasteiger partial charge on any atom is -0.369 e. The molecule has 0 aliphatic heterocycles. The predicted molar refractivity (Wildman–Crippen MR) is 85.1 cm³/mol. The Bertz CT molecular complexity index is 721. The van der Waals surface area contributed by atoms with Crippen LogP contribution in [0.2, 0.25) is 5.02 Å². The van der Waals surface area contributed by atoms with Crippen LogP contribution in [0.15, 0.2) is 48.5 Å². The number of amides is 2. The van der Waals surface area contributed by atoms with Crippen molar-refractivity contribution in [3.63, 3.8) is 0 Å². The van der Waals surface area contributed by atoms with Gasteiger partial charge in [0.15, 0.2) is 5.75 Å². The number of carbonyl (C=O) groups excluding carboxylic acids is 1. The maximum Gasteiger partial charge on any atom is 0.416 e. The molecule has 0 aliphatic rings. The van der Waals surface area contributed by atoms with Crippen LogP contribution in [0.3, 0.4) is 0 Å². The van der Waals surface area contributed by atoms with Crippen LogP contribution in [0.5, 0.6) is 5.75 Å². The van der Waals surface area contributed by atoms with Gasteiger partial charge in [0.2, 0.25) is 0 Å². The van der Waals surface area contributed by atoms with Gasteiger partial charge in [-0.3, -0.25) is 0 Å². The predicted octanol–water partition coefficient (Wildman–Crippen LogP) is 4.84. The van der Waals surface area contributed by atoms with Crippen molar-refractivity contribution >= 4 is 23.3 Å². The zero-order valence-corrected chi connectivity index (χ0v) is 13.6. The van der Waals surface area contributed by atoms with E-state index >= 15 is 0 Å². The summed E-state index contributed by atoms with van der Waals surface area (Å²) in [5, 5.41) is 0.700. The molecular formula is C16H14ClF3N2O2. The van der Waals surface area contributed by atoms with E-state index in [1.165, 1.54) is 19.0 Å². The highest BCUT2D eigenvalue weighted by atomic mass is 35.5. The first-order valence-corrected chi connectivity index (χ1v) is 7.19. The molecule has 4 nitrogen and oxygen atoms in total. The molecule has 2 aromatic rings. The Morgan fingerprint density at radius 2 is 1.71 bits per heavy atom. The molecule has 2 amide bonds. The molecule has 2 aromatic carbocycles. The summed E-state index contributed by atoms with van der Waals surface area (Å²) in [6, 6.07) is 10.5. The van der Waals surface area contributed by atoms with Crippen molar-refractivity contribution in [3.8, 4) is 5.75 Å². The average molecular weight is 359 g/mol. The van der Waals surface area contributed by atoms with E-state index < -0.39 is 17.8 Å². The summed E-state index contributed by atoms with van der Waals surface area (Å²) in [4.78, 5) is 19.0. The number of urea groups is 1. The number of hydrogen-bond acceptors (Lipinski definition) is 2. The Morgan fingerprint density at radius 1 is 1.08 bits per heavy atom. The van der Waals surface area contributed by atoms with Crippen molar-refractivity contribution in [2.24, 2.45) is 0 Å². The Kier molecular flexibility index (Phi) is 5.23. The first-order chi connectivity index (χ1) is 11.2. The third-order valence-electron chi connectivity index (χ3n) is 3.00. The van der Waals surface area contributed by atoms with Crippen molar-refractivity contribution < 1.29 is 22.8 Å². The molecule has 0 bridgehead atoms. The summed E-state index contributed by atoms with van der Waals surface area (Å²) in [5.41, 5.74) is -0.489. The maximum absolute atomic E-state index is 12.7. The highest BCUT2D eigenvalue weighted by Gasteiger charge is 2.31. The van der Waals surface area contributed by atoms with E-state index in [0.29, 0.717) is 5.69 Å². The van der Waals surface area contributed by atoms with Crippen molar-refractivity contribution in [1.29, 1.82) is 0 Å². The largest absolute Gasteiger partial charge is 0.416 e. The highest BCUT2D eigenvalue weighted by Crippen LogP contribution is 2.35. The van der Waals surface area contributed by atoms with Gasteiger partial charge in [-0.2, -0.15) is 13.2 Å². The van der Waals surface area contributed by atoms with E-state index in [1.54, 1.807) is 30.3 Å². The number of rotatable bonds is 3. The molecule has 0 fully saturated rings. The minimum absolute atomic E-state index is 0.0660. The molecule has 0 radical (unpaired) electrons. The zero-order valence-electron chi connectivity index (χ0n) is 12.8. The van der Waals surface area contributed by atoms with Crippen molar-refractivity contribution in [1.82, 2.24) is 4.90 Å². The quantitative estimate of drug-likeness (QED) is 0.735. The topological polar surface area (TPSA) is 32.8 Å². The van der Waals surface area contributed by atoms with Gasteiger partial charge in [-0.1, -0.05) is 29.8 Å². The van der Waals surface area contributed by atoms with Crippen LogP contribution < -0.4 is 9.90 Å². The minimum atomic E-state index is -4.51. The van der Waals surface area contributed by atoms with E-state index in [0.717, 1.165) is 23.3 Å². The molecule has 128 valence electrons. The fourth-order valence-electron chi connectivity index (χ4n) is 1.80. The number of hydrogen-bond donors (Lipinski definition) is 0.